The van der Waals surface area contributed by atoms with Crippen molar-refractivity contribution in [3.63, 3.8) is 0 Å². The number of methoxy groups -OCH3 is 1. The molecule has 2 saturated carbocycles. The lowest BCUT2D eigenvalue weighted by Gasteiger charge is -2.50. The second kappa shape index (κ2) is 7.05. The number of carbonyl (C=O) groups is 1. The predicted octanol–water partition coefficient (Wildman–Crippen LogP) is 5.34. The van der Waals surface area contributed by atoms with Gasteiger partial charge in [0.2, 0.25) is 0 Å². The molecule has 4 atom stereocenters. The van der Waals surface area contributed by atoms with Crippen molar-refractivity contribution in [3.8, 4) is 5.75 Å². The maximum Gasteiger partial charge on any atom is 0.188 e. The molecule has 4 aliphatic carbocycles. The van der Waals surface area contributed by atoms with Crippen LogP contribution >= 0.6 is 0 Å². The molecule has 0 aromatic heterocycles. The van der Waals surface area contributed by atoms with Gasteiger partial charge in [-0.3, -0.25) is 4.79 Å². The van der Waals surface area contributed by atoms with Crippen LogP contribution in [0.25, 0.3) is 0 Å². The molecule has 1 aliphatic heterocycles. The van der Waals surface area contributed by atoms with E-state index in [-0.39, 0.29) is 5.41 Å². The summed E-state index contributed by atoms with van der Waals surface area (Å²) in [5.41, 5.74) is 5.73. The van der Waals surface area contributed by atoms with E-state index in [2.05, 4.69) is 37.3 Å². The second-order valence-corrected chi connectivity index (χ2v) is 10.3. The number of hydrogen-bond acceptors (Lipinski definition) is 4. The fraction of sp³-hybridized carbons (Fsp3) is 0.593. The van der Waals surface area contributed by atoms with E-state index in [1.807, 2.05) is 0 Å². The number of allylic oxidation sites excluding steroid dienone is 3. The van der Waals surface area contributed by atoms with Crippen LogP contribution in [0.15, 0.2) is 47.1 Å². The number of ketones is 1. The Hall–Kier alpha value is -1.91. The number of benzene rings is 1. The molecule has 1 spiro atoms. The third kappa shape index (κ3) is 2.91. The molecular formula is C27H32O4. The highest BCUT2D eigenvalue weighted by Crippen LogP contribution is 2.63. The van der Waals surface area contributed by atoms with Gasteiger partial charge in [0.15, 0.2) is 5.79 Å². The molecule has 164 valence electrons. The van der Waals surface area contributed by atoms with Gasteiger partial charge < -0.3 is 14.2 Å². The topological polar surface area (TPSA) is 44.8 Å². The Morgan fingerprint density at radius 3 is 2.55 bits per heavy atom. The summed E-state index contributed by atoms with van der Waals surface area (Å²) in [6.07, 6.45) is 9.17. The van der Waals surface area contributed by atoms with Crippen molar-refractivity contribution in [3.05, 3.63) is 52.6 Å². The zero-order valence-electron chi connectivity index (χ0n) is 18.6. The van der Waals surface area contributed by atoms with Gasteiger partial charge in [0.25, 0.3) is 0 Å². The molecule has 0 N–H and O–H groups in total. The molecule has 1 heterocycles. The van der Waals surface area contributed by atoms with E-state index in [4.69, 9.17) is 14.2 Å². The van der Waals surface area contributed by atoms with Gasteiger partial charge in [-0.15, -0.1) is 0 Å². The standard InChI is InChI=1S/C27H32O4/c1-26-16-22(17-3-6-19(29-2)7-4-17)25-20-11-12-27(30-13-14-31-27)15-18(20)5-8-21(25)23(26)9-10-24(26)28/h3-4,6-7,15,21-23H,5,8-14,16H2,1-2H3/t21-,22-,23-,26-/m0/s1. The molecular weight excluding hydrogens is 388 g/mol. The SMILES string of the molecule is COc1ccc([C@@H]2C[C@]3(C)C(=O)CC[C@H]3[C@@H]3CCC4=CC5(CCC4=C23)OCCO5)cc1. The van der Waals surface area contributed by atoms with Crippen LogP contribution in [-0.4, -0.2) is 31.9 Å². The average molecular weight is 421 g/mol. The van der Waals surface area contributed by atoms with Crippen LogP contribution in [0.2, 0.25) is 0 Å². The maximum atomic E-state index is 13.1. The normalized spacial score (nSPS) is 36.1. The highest BCUT2D eigenvalue weighted by molar-refractivity contribution is 5.87. The first-order valence-electron chi connectivity index (χ1n) is 11.9. The maximum absolute atomic E-state index is 13.1. The summed E-state index contributed by atoms with van der Waals surface area (Å²) in [5, 5.41) is 0. The third-order valence-corrected chi connectivity index (χ3v) is 8.90. The van der Waals surface area contributed by atoms with Crippen molar-refractivity contribution in [2.24, 2.45) is 17.3 Å². The van der Waals surface area contributed by atoms with Crippen molar-refractivity contribution in [1.29, 1.82) is 0 Å². The quantitative estimate of drug-likeness (QED) is 0.648. The molecule has 1 aromatic carbocycles. The summed E-state index contributed by atoms with van der Waals surface area (Å²) < 4.78 is 17.5. The first-order chi connectivity index (χ1) is 15.0. The number of ether oxygens (including phenoxy) is 3. The van der Waals surface area contributed by atoms with Crippen LogP contribution in [-0.2, 0) is 14.3 Å². The van der Waals surface area contributed by atoms with Gasteiger partial charge in [0, 0.05) is 24.2 Å². The third-order valence-electron chi connectivity index (χ3n) is 8.90. The zero-order valence-corrected chi connectivity index (χ0v) is 18.6. The van der Waals surface area contributed by atoms with Gasteiger partial charge in [-0.25, -0.2) is 0 Å². The summed E-state index contributed by atoms with van der Waals surface area (Å²) in [5.74, 6) is 2.19. The predicted molar refractivity (Wildman–Crippen MR) is 118 cm³/mol. The van der Waals surface area contributed by atoms with E-state index >= 15 is 0 Å². The summed E-state index contributed by atoms with van der Waals surface area (Å²) in [4.78, 5) is 13.1. The number of hydrogen-bond donors (Lipinski definition) is 0. The lowest BCUT2D eigenvalue weighted by molar-refractivity contribution is -0.128. The van der Waals surface area contributed by atoms with Gasteiger partial charge in [0.1, 0.15) is 11.5 Å². The Bertz CT molecular complexity index is 965. The second-order valence-electron chi connectivity index (χ2n) is 10.3. The molecule has 0 amide bonds. The Labute approximate surface area is 184 Å². The minimum Gasteiger partial charge on any atom is -0.497 e. The van der Waals surface area contributed by atoms with Gasteiger partial charge in [-0.1, -0.05) is 24.6 Å². The Kier molecular flexibility index (Phi) is 4.49. The minimum atomic E-state index is -0.492. The molecule has 4 heteroatoms. The summed E-state index contributed by atoms with van der Waals surface area (Å²) in [6.45, 7) is 3.64. The first kappa shape index (κ1) is 19.8. The van der Waals surface area contributed by atoms with Crippen molar-refractivity contribution >= 4 is 5.78 Å². The van der Waals surface area contributed by atoms with Crippen LogP contribution in [0.5, 0.6) is 5.75 Å². The molecule has 1 aromatic rings. The highest BCUT2D eigenvalue weighted by Gasteiger charge is 2.56. The van der Waals surface area contributed by atoms with Crippen molar-refractivity contribution in [1.82, 2.24) is 0 Å². The molecule has 6 rings (SSSR count). The van der Waals surface area contributed by atoms with Gasteiger partial charge in [0.05, 0.1) is 20.3 Å². The van der Waals surface area contributed by atoms with Gasteiger partial charge >= 0.3 is 0 Å². The first-order valence-corrected chi connectivity index (χ1v) is 11.9. The van der Waals surface area contributed by atoms with Crippen LogP contribution in [0, 0.1) is 17.3 Å². The molecule has 0 radical (unpaired) electrons. The Morgan fingerprint density at radius 1 is 1.03 bits per heavy atom. The zero-order chi connectivity index (χ0) is 21.2. The summed E-state index contributed by atoms with van der Waals surface area (Å²) >= 11 is 0. The van der Waals surface area contributed by atoms with E-state index in [9.17, 15) is 4.79 Å². The Balaban J connectivity index is 1.48. The summed E-state index contributed by atoms with van der Waals surface area (Å²) in [7, 11) is 1.71. The molecule has 0 bridgehead atoms. The van der Waals surface area contributed by atoms with Gasteiger partial charge in [-0.05, 0) is 78.9 Å². The molecule has 31 heavy (non-hydrogen) atoms. The number of carbonyl (C=O) groups excluding carboxylic acids is 1. The molecule has 5 aliphatic rings. The Morgan fingerprint density at radius 2 is 1.81 bits per heavy atom. The van der Waals surface area contributed by atoms with Crippen LogP contribution in [0.1, 0.15) is 63.4 Å². The van der Waals surface area contributed by atoms with E-state index in [1.54, 1.807) is 18.3 Å². The highest BCUT2D eigenvalue weighted by atomic mass is 16.7. The van der Waals surface area contributed by atoms with E-state index in [0.717, 1.165) is 50.7 Å². The number of fused-ring (bicyclic) bond motifs is 4. The van der Waals surface area contributed by atoms with E-state index < -0.39 is 5.79 Å². The van der Waals surface area contributed by atoms with Crippen LogP contribution in [0.4, 0.5) is 0 Å². The fourth-order valence-corrected chi connectivity index (χ4v) is 7.39. The largest absolute Gasteiger partial charge is 0.497 e. The lowest BCUT2D eigenvalue weighted by Crippen LogP contribution is -2.44. The fourth-order valence-electron chi connectivity index (χ4n) is 7.39. The molecule has 0 unspecified atom stereocenters. The van der Waals surface area contributed by atoms with E-state index in [0.29, 0.717) is 36.8 Å². The van der Waals surface area contributed by atoms with Crippen molar-refractivity contribution in [2.75, 3.05) is 20.3 Å². The lowest BCUT2D eigenvalue weighted by atomic mass is 9.53. The summed E-state index contributed by atoms with van der Waals surface area (Å²) in [6, 6.07) is 8.55. The number of rotatable bonds is 2. The average Bonchev–Trinajstić information content (AvgIpc) is 3.37. The monoisotopic (exact) mass is 420 g/mol. The van der Waals surface area contributed by atoms with Crippen molar-refractivity contribution < 1.29 is 19.0 Å². The number of Topliss-reactive ketones (excluding diaryl/α,β-unsaturated/α-hetero) is 1. The van der Waals surface area contributed by atoms with E-state index in [1.165, 1.54) is 11.1 Å². The molecule has 1 saturated heterocycles. The minimum absolute atomic E-state index is 0.186. The molecule has 3 fully saturated rings. The molecule has 4 nitrogen and oxygen atoms in total. The van der Waals surface area contributed by atoms with Gasteiger partial charge in [-0.2, -0.15) is 0 Å². The van der Waals surface area contributed by atoms with Crippen LogP contribution in [0.3, 0.4) is 0 Å². The smallest absolute Gasteiger partial charge is 0.188 e. The van der Waals surface area contributed by atoms with Crippen LogP contribution < -0.4 is 4.74 Å². The van der Waals surface area contributed by atoms with Crippen molar-refractivity contribution in [2.45, 2.75) is 63.6 Å².